The van der Waals surface area contributed by atoms with Crippen molar-refractivity contribution in [3.05, 3.63) is 59.7 Å². The zero-order chi connectivity index (χ0) is 23.1. The number of methoxy groups -OCH3 is 1. The molecule has 1 heterocycles. The first-order valence-corrected chi connectivity index (χ1v) is 11.9. The van der Waals surface area contributed by atoms with Crippen LogP contribution in [0.3, 0.4) is 0 Å². The van der Waals surface area contributed by atoms with Crippen LogP contribution in [-0.4, -0.2) is 51.5 Å². The molecular weight excluding hydrogens is 434 g/mol. The SMILES string of the molecule is CCOC(=O)c1ccc(S(=O)(=O)N2CCC(C(=O)OCc3ccccc3OC)CC2)cc1. The van der Waals surface area contributed by atoms with Gasteiger partial charge in [0, 0.05) is 18.7 Å². The fourth-order valence-corrected chi connectivity index (χ4v) is 5.02. The molecule has 0 spiro atoms. The first-order chi connectivity index (χ1) is 15.4. The van der Waals surface area contributed by atoms with Gasteiger partial charge in [-0.1, -0.05) is 18.2 Å². The van der Waals surface area contributed by atoms with E-state index in [4.69, 9.17) is 14.2 Å². The summed E-state index contributed by atoms with van der Waals surface area (Å²) in [4.78, 5) is 24.3. The molecule has 0 saturated carbocycles. The van der Waals surface area contributed by atoms with E-state index in [2.05, 4.69) is 0 Å². The largest absolute Gasteiger partial charge is 0.496 e. The number of nitrogens with zero attached hydrogens (tertiary/aromatic N) is 1. The van der Waals surface area contributed by atoms with E-state index in [1.807, 2.05) is 18.2 Å². The quantitative estimate of drug-likeness (QED) is 0.557. The lowest BCUT2D eigenvalue weighted by Gasteiger charge is -2.30. The molecule has 0 bridgehead atoms. The Morgan fingerprint density at radius 1 is 1.00 bits per heavy atom. The Morgan fingerprint density at radius 3 is 2.28 bits per heavy atom. The maximum Gasteiger partial charge on any atom is 0.338 e. The van der Waals surface area contributed by atoms with E-state index in [9.17, 15) is 18.0 Å². The predicted molar refractivity (Wildman–Crippen MR) is 117 cm³/mol. The van der Waals surface area contributed by atoms with Crippen molar-refractivity contribution in [3.63, 3.8) is 0 Å². The van der Waals surface area contributed by atoms with Crippen LogP contribution in [0.15, 0.2) is 53.4 Å². The van der Waals surface area contributed by atoms with E-state index in [1.165, 1.54) is 28.6 Å². The third kappa shape index (κ3) is 5.46. The van der Waals surface area contributed by atoms with Crippen molar-refractivity contribution in [2.24, 2.45) is 5.92 Å². The van der Waals surface area contributed by atoms with Crippen LogP contribution in [0, 0.1) is 5.92 Å². The van der Waals surface area contributed by atoms with Crippen LogP contribution in [-0.2, 0) is 30.9 Å². The summed E-state index contributed by atoms with van der Waals surface area (Å²) in [7, 11) is -2.16. The van der Waals surface area contributed by atoms with Crippen LogP contribution < -0.4 is 4.74 Å². The summed E-state index contributed by atoms with van der Waals surface area (Å²) in [6.07, 6.45) is 0.760. The van der Waals surface area contributed by atoms with Gasteiger partial charge in [0.1, 0.15) is 12.4 Å². The fraction of sp³-hybridized carbons (Fsp3) is 0.391. The second-order valence-corrected chi connectivity index (χ2v) is 9.28. The lowest BCUT2D eigenvalue weighted by molar-refractivity contribution is -0.151. The number of para-hydroxylation sites is 1. The molecule has 172 valence electrons. The standard InChI is InChI=1S/C23H27NO7S/c1-3-30-22(25)17-8-10-20(11-9-17)32(27,28)24-14-12-18(13-15-24)23(26)31-16-19-6-4-5-7-21(19)29-2/h4-11,18H,3,12-16H2,1-2H3. The van der Waals surface area contributed by atoms with Crippen LogP contribution in [0.4, 0.5) is 0 Å². The maximum absolute atomic E-state index is 12.9. The Kier molecular flexibility index (Phi) is 7.87. The fourth-order valence-electron chi connectivity index (χ4n) is 3.55. The Hall–Kier alpha value is -2.91. The van der Waals surface area contributed by atoms with E-state index < -0.39 is 16.0 Å². The number of esters is 2. The van der Waals surface area contributed by atoms with Crippen molar-refractivity contribution in [2.45, 2.75) is 31.3 Å². The van der Waals surface area contributed by atoms with Crippen molar-refractivity contribution >= 4 is 22.0 Å². The summed E-state index contributed by atoms with van der Waals surface area (Å²) in [5, 5.41) is 0. The molecule has 0 N–H and O–H groups in total. The van der Waals surface area contributed by atoms with E-state index >= 15 is 0 Å². The smallest absolute Gasteiger partial charge is 0.338 e. The highest BCUT2D eigenvalue weighted by Crippen LogP contribution is 2.26. The number of benzene rings is 2. The number of carbonyl (C=O) groups is 2. The summed E-state index contributed by atoms with van der Waals surface area (Å²) in [5.41, 5.74) is 1.07. The van der Waals surface area contributed by atoms with Crippen LogP contribution in [0.2, 0.25) is 0 Å². The average Bonchev–Trinajstić information content (AvgIpc) is 2.83. The third-order valence-corrected chi connectivity index (χ3v) is 7.27. The number of sulfonamides is 1. The van der Waals surface area contributed by atoms with Crippen LogP contribution in [0.5, 0.6) is 5.75 Å². The van der Waals surface area contributed by atoms with Crippen molar-refractivity contribution in [2.75, 3.05) is 26.8 Å². The van der Waals surface area contributed by atoms with Crippen molar-refractivity contribution < 1.29 is 32.2 Å². The highest BCUT2D eigenvalue weighted by Gasteiger charge is 2.33. The molecule has 0 unspecified atom stereocenters. The molecule has 8 nitrogen and oxygen atoms in total. The van der Waals surface area contributed by atoms with E-state index in [0.29, 0.717) is 24.2 Å². The molecule has 1 aliphatic rings. The number of hydrogen-bond acceptors (Lipinski definition) is 7. The van der Waals surface area contributed by atoms with Gasteiger partial charge in [0.15, 0.2) is 0 Å². The maximum atomic E-state index is 12.9. The van der Waals surface area contributed by atoms with Gasteiger partial charge in [0.2, 0.25) is 10.0 Å². The minimum atomic E-state index is -3.72. The second-order valence-electron chi connectivity index (χ2n) is 7.34. The molecule has 2 aromatic carbocycles. The van der Waals surface area contributed by atoms with E-state index in [1.54, 1.807) is 20.1 Å². The summed E-state index contributed by atoms with van der Waals surface area (Å²) in [6.45, 7) is 2.49. The third-order valence-electron chi connectivity index (χ3n) is 5.35. The minimum Gasteiger partial charge on any atom is -0.496 e. The van der Waals surface area contributed by atoms with Crippen molar-refractivity contribution in [1.29, 1.82) is 0 Å². The highest BCUT2D eigenvalue weighted by atomic mass is 32.2. The molecule has 1 saturated heterocycles. The summed E-state index contributed by atoms with van der Waals surface area (Å²) in [6, 6.07) is 13.0. The second kappa shape index (κ2) is 10.6. The average molecular weight is 462 g/mol. The molecule has 0 aliphatic carbocycles. The molecule has 0 radical (unpaired) electrons. The van der Waals surface area contributed by atoms with E-state index in [0.717, 1.165) is 5.56 Å². The van der Waals surface area contributed by atoms with Crippen LogP contribution in [0.25, 0.3) is 0 Å². The lowest BCUT2D eigenvalue weighted by Crippen LogP contribution is -2.40. The number of hydrogen-bond donors (Lipinski definition) is 0. The first kappa shape index (κ1) is 23.7. The van der Waals surface area contributed by atoms with Crippen molar-refractivity contribution in [1.82, 2.24) is 4.31 Å². The van der Waals surface area contributed by atoms with Gasteiger partial charge in [0.05, 0.1) is 30.1 Å². The highest BCUT2D eigenvalue weighted by molar-refractivity contribution is 7.89. The molecule has 0 amide bonds. The van der Waals surface area contributed by atoms with Crippen LogP contribution >= 0.6 is 0 Å². The summed E-state index contributed by atoms with van der Waals surface area (Å²) in [5.74, 6) is -0.548. The molecule has 0 aromatic heterocycles. The van der Waals surface area contributed by atoms with Gasteiger partial charge < -0.3 is 14.2 Å². The number of piperidine rings is 1. The Bertz CT molecular complexity index is 1040. The van der Waals surface area contributed by atoms with Gasteiger partial charge >= 0.3 is 11.9 Å². The zero-order valence-corrected chi connectivity index (χ0v) is 19.0. The molecule has 1 aliphatic heterocycles. The molecular formula is C23H27NO7S. The normalized spacial score (nSPS) is 15.2. The van der Waals surface area contributed by atoms with Gasteiger partial charge in [-0.3, -0.25) is 4.79 Å². The number of carbonyl (C=O) groups excluding carboxylic acids is 2. The number of rotatable bonds is 8. The minimum absolute atomic E-state index is 0.0998. The predicted octanol–water partition coefficient (Wildman–Crippen LogP) is 3.02. The van der Waals surface area contributed by atoms with Gasteiger partial charge in [-0.25, -0.2) is 13.2 Å². The lowest BCUT2D eigenvalue weighted by atomic mass is 9.98. The molecule has 0 atom stereocenters. The molecule has 1 fully saturated rings. The molecule has 32 heavy (non-hydrogen) atoms. The van der Waals surface area contributed by atoms with Gasteiger partial charge in [-0.05, 0) is 50.1 Å². The topological polar surface area (TPSA) is 99.2 Å². The Labute approximate surface area is 188 Å². The molecule has 2 aromatic rings. The summed E-state index contributed by atoms with van der Waals surface area (Å²) < 4.78 is 42.8. The zero-order valence-electron chi connectivity index (χ0n) is 18.2. The first-order valence-electron chi connectivity index (χ1n) is 10.4. The monoisotopic (exact) mass is 461 g/mol. The van der Waals surface area contributed by atoms with Gasteiger partial charge in [0.25, 0.3) is 0 Å². The molecule has 9 heteroatoms. The Balaban J connectivity index is 1.56. The summed E-state index contributed by atoms with van der Waals surface area (Å²) >= 11 is 0. The Morgan fingerprint density at radius 2 is 1.66 bits per heavy atom. The van der Waals surface area contributed by atoms with Gasteiger partial charge in [-0.15, -0.1) is 0 Å². The number of ether oxygens (including phenoxy) is 3. The van der Waals surface area contributed by atoms with Crippen molar-refractivity contribution in [3.8, 4) is 5.75 Å². The van der Waals surface area contributed by atoms with Gasteiger partial charge in [-0.2, -0.15) is 4.31 Å². The van der Waals surface area contributed by atoms with Crippen LogP contribution in [0.1, 0.15) is 35.7 Å². The molecule has 3 rings (SSSR count). The van der Waals surface area contributed by atoms with E-state index in [-0.39, 0.29) is 43.1 Å².